The molecule has 0 nitrogen and oxygen atoms in total. The first kappa shape index (κ1) is 9.09. The molecule has 0 spiro atoms. The Labute approximate surface area is 71.4 Å². The molecule has 0 heteroatoms. The summed E-state index contributed by atoms with van der Waals surface area (Å²) in [6, 6.07) is 0. The summed E-state index contributed by atoms with van der Waals surface area (Å²) in [6.45, 7) is 7.13. The average Bonchev–Trinajstić information content (AvgIpc) is 2.26. The van der Waals surface area contributed by atoms with Gasteiger partial charge in [-0.3, -0.25) is 0 Å². The molecule has 0 aromatic rings. The van der Waals surface area contributed by atoms with Gasteiger partial charge in [-0.25, -0.2) is 0 Å². The number of unbranched alkanes of at least 4 members (excludes halogenated alkanes) is 1. The molecule has 1 saturated carbocycles. The van der Waals surface area contributed by atoms with E-state index in [1.807, 2.05) is 0 Å². The van der Waals surface area contributed by atoms with Crippen molar-refractivity contribution in [2.75, 3.05) is 0 Å². The predicted octanol–water partition coefficient (Wildman–Crippen LogP) is 3.86. The molecule has 0 aliphatic heterocycles. The first-order valence-electron chi connectivity index (χ1n) is 5.24. The predicted molar refractivity (Wildman–Crippen MR) is 50.6 cm³/mol. The van der Waals surface area contributed by atoms with Gasteiger partial charge >= 0.3 is 0 Å². The molecule has 0 bridgehead atoms. The Kier molecular flexibility index (Phi) is 3.42. The van der Waals surface area contributed by atoms with Crippen LogP contribution in [-0.4, -0.2) is 0 Å². The van der Waals surface area contributed by atoms with Crippen LogP contribution in [0, 0.1) is 17.8 Å². The van der Waals surface area contributed by atoms with E-state index >= 15 is 0 Å². The van der Waals surface area contributed by atoms with Crippen molar-refractivity contribution >= 4 is 0 Å². The zero-order valence-electron chi connectivity index (χ0n) is 8.27. The molecule has 1 aliphatic carbocycles. The minimum atomic E-state index is 1.01. The summed E-state index contributed by atoms with van der Waals surface area (Å²) in [5.74, 6) is 3.08. The van der Waals surface area contributed by atoms with Gasteiger partial charge in [-0.1, -0.05) is 40.0 Å². The lowest BCUT2D eigenvalue weighted by Crippen LogP contribution is -2.02. The summed E-state index contributed by atoms with van der Waals surface area (Å²) in [7, 11) is 0. The van der Waals surface area contributed by atoms with Crippen molar-refractivity contribution in [2.45, 2.75) is 52.9 Å². The highest BCUT2D eigenvalue weighted by atomic mass is 14.3. The lowest BCUT2D eigenvalue weighted by atomic mass is 9.93. The normalized spacial score (nSPS) is 37.9. The maximum atomic E-state index is 2.43. The SMILES string of the molecule is CCCCC1CC(C)CC1C. The highest BCUT2D eigenvalue weighted by molar-refractivity contribution is 4.78. The van der Waals surface area contributed by atoms with Crippen LogP contribution in [0.15, 0.2) is 0 Å². The van der Waals surface area contributed by atoms with Crippen LogP contribution < -0.4 is 0 Å². The summed E-state index contributed by atoms with van der Waals surface area (Å²) >= 11 is 0. The third-order valence-electron chi connectivity index (χ3n) is 3.21. The summed E-state index contributed by atoms with van der Waals surface area (Å²) in [4.78, 5) is 0. The molecule has 0 aromatic heterocycles. The fourth-order valence-corrected chi connectivity index (χ4v) is 2.54. The van der Waals surface area contributed by atoms with Crippen molar-refractivity contribution in [3.8, 4) is 0 Å². The summed E-state index contributed by atoms with van der Waals surface area (Å²) in [5.41, 5.74) is 0. The summed E-state index contributed by atoms with van der Waals surface area (Å²) in [5, 5.41) is 0. The van der Waals surface area contributed by atoms with Crippen LogP contribution in [0.3, 0.4) is 0 Å². The van der Waals surface area contributed by atoms with Gasteiger partial charge in [0, 0.05) is 0 Å². The zero-order chi connectivity index (χ0) is 8.27. The Bertz CT molecular complexity index is 107. The Morgan fingerprint density at radius 2 is 1.91 bits per heavy atom. The van der Waals surface area contributed by atoms with E-state index in [2.05, 4.69) is 20.8 Å². The maximum Gasteiger partial charge on any atom is -0.0386 e. The quantitative estimate of drug-likeness (QED) is 0.579. The zero-order valence-corrected chi connectivity index (χ0v) is 8.27. The van der Waals surface area contributed by atoms with Crippen molar-refractivity contribution in [3.63, 3.8) is 0 Å². The van der Waals surface area contributed by atoms with Gasteiger partial charge in [0.15, 0.2) is 0 Å². The fraction of sp³-hybridized carbons (Fsp3) is 1.00. The van der Waals surface area contributed by atoms with Crippen LogP contribution in [0.25, 0.3) is 0 Å². The summed E-state index contributed by atoms with van der Waals surface area (Å²) in [6.07, 6.45) is 7.29. The highest BCUT2D eigenvalue weighted by Gasteiger charge is 2.27. The van der Waals surface area contributed by atoms with E-state index in [0.29, 0.717) is 0 Å². The van der Waals surface area contributed by atoms with Crippen molar-refractivity contribution in [2.24, 2.45) is 17.8 Å². The first-order valence-corrected chi connectivity index (χ1v) is 5.24. The molecule has 3 atom stereocenters. The topological polar surface area (TPSA) is 0 Å². The molecule has 0 aromatic carbocycles. The number of hydrogen-bond donors (Lipinski definition) is 0. The van der Waals surface area contributed by atoms with Crippen molar-refractivity contribution in [1.29, 1.82) is 0 Å². The molecule has 0 radical (unpaired) electrons. The Morgan fingerprint density at radius 3 is 2.36 bits per heavy atom. The lowest BCUT2D eigenvalue weighted by molar-refractivity contribution is 0.379. The molecular weight excluding hydrogens is 132 g/mol. The first-order chi connectivity index (χ1) is 5.24. The standard InChI is InChI=1S/C11H22/c1-4-5-6-11-8-9(2)7-10(11)3/h9-11H,4-8H2,1-3H3. The van der Waals surface area contributed by atoms with Crippen molar-refractivity contribution in [1.82, 2.24) is 0 Å². The van der Waals surface area contributed by atoms with Crippen LogP contribution >= 0.6 is 0 Å². The third-order valence-corrected chi connectivity index (χ3v) is 3.21. The van der Waals surface area contributed by atoms with E-state index in [0.717, 1.165) is 17.8 Å². The molecule has 0 N–H and O–H groups in total. The van der Waals surface area contributed by atoms with Gasteiger partial charge in [-0.2, -0.15) is 0 Å². The van der Waals surface area contributed by atoms with Gasteiger partial charge < -0.3 is 0 Å². The lowest BCUT2D eigenvalue weighted by Gasteiger charge is -2.13. The van der Waals surface area contributed by atoms with E-state index in [1.54, 1.807) is 0 Å². The Hall–Kier alpha value is 0. The van der Waals surface area contributed by atoms with Gasteiger partial charge in [0.1, 0.15) is 0 Å². The van der Waals surface area contributed by atoms with Crippen molar-refractivity contribution in [3.05, 3.63) is 0 Å². The maximum absolute atomic E-state index is 2.43. The largest absolute Gasteiger partial charge is 0.0654 e. The van der Waals surface area contributed by atoms with Gasteiger partial charge in [0.2, 0.25) is 0 Å². The second-order valence-corrected chi connectivity index (χ2v) is 4.46. The van der Waals surface area contributed by atoms with E-state index in [-0.39, 0.29) is 0 Å². The minimum absolute atomic E-state index is 1.01. The Balaban J connectivity index is 2.23. The third kappa shape index (κ3) is 2.50. The van der Waals surface area contributed by atoms with E-state index < -0.39 is 0 Å². The Morgan fingerprint density at radius 1 is 1.18 bits per heavy atom. The van der Waals surface area contributed by atoms with Crippen LogP contribution in [0.1, 0.15) is 52.9 Å². The van der Waals surface area contributed by atoms with Crippen LogP contribution in [-0.2, 0) is 0 Å². The van der Waals surface area contributed by atoms with E-state index in [4.69, 9.17) is 0 Å². The van der Waals surface area contributed by atoms with Crippen LogP contribution in [0.4, 0.5) is 0 Å². The van der Waals surface area contributed by atoms with Crippen LogP contribution in [0.2, 0.25) is 0 Å². The minimum Gasteiger partial charge on any atom is -0.0654 e. The van der Waals surface area contributed by atoms with Crippen molar-refractivity contribution < 1.29 is 0 Å². The summed E-state index contributed by atoms with van der Waals surface area (Å²) < 4.78 is 0. The van der Waals surface area contributed by atoms with Crippen LogP contribution in [0.5, 0.6) is 0 Å². The number of rotatable bonds is 3. The van der Waals surface area contributed by atoms with Gasteiger partial charge in [0.05, 0.1) is 0 Å². The fourth-order valence-electron chi connectivity index (χ4n) is 2.54. The number of hydrogen-bond acceptors (Lipinski definition) is 0. The molecule has 0 heterocycles. The van der Waals surface area contributed by atoms with E-state index in [1.165, 1.54) is 32.1 Å². The molecule has 66 valence electrons. The van der Waals surface area contributed by atoms with Gasteiger partial charge in [0.25, 0.3) is 0 Å². The second-order valence-electron chi connectivity index (χ2n) is 4.46. The molecule has 0 saturated heterocycles. The van der Waals surface area contributed by atoms with Gasteiger partial charge in [-0.05, 0) is 30.6 Å². The molecular formula is C11H22. The average molecular weight is 154 g/mol. The smallest absolute Gasteiger partial charge is 0.0386 e. The molecule has 1 aliphatic rings. The molecule has 1 rings (SSSR count). The molecule has 0 amide bonds. The molecule has 1 fully saturated rings. The monoisotopic (exact) mass is 154 g/mol. The van der Waals surface area contributed by atoms with Gasteiger partial charge in [-0.15, -0.1) is 0 Å². The molecule has 3 unspecified atom stereocenters. The molecule has 11 heavy (non-hydrogen) atoms. The highest BCUT2D eigenvalue weighted by Crippen LogP contribution is 2.38. The van der Waals surface area contributed by atoms with E-state index in [9.17, 15) is 0 Å². The second kappa shape index (κ2) is 4.13.